The first kappa shape index (κ1) is 22.5. The van der Waals surface area contributed by atoms with E-state index in [0.29, 0.717) is 30.2 Å². The lowest BCUT2D eigenvalue weighted by Gasteiger charge is -2.31. The summed E-state index contributed by atoms with van der Waals surface area (Å²) in [5, 5.41) is 2.24. The molecular weight excluding hydrogens is 450 g/mol. The van der Waals surface area contributed by atoms with Crippen LogP contribution in [0.25, 0.3) is 10.8 Å². The number of imidazole rings is 1. The SMILES string of the molecule is O=C(CC1CCN(C(=O)CCS(=O)(=O)c2ccc3cc(Cl)ccc3c2)CC1)c1c[nH]cn1. The average Bonchev–Trinajstić information content (AvgIpc) is 3.33. The van der Waals surface area contributed by atoms with Gasteiger partial charge in [-0.3, -0.25) is 9.59 Å². The van der Waals surface area contributed by atoms with E-state index in [2.05, 4.69) is 9.97 Å². The minimum absolute atomic E-state index is 0.000207. The third-order valence-corrected chi connectivity index (χ3v) is 7.89. The molecule has 1 fully saturated rings. The third kappa shape index (κ3) is 5.19. The molecule has 7 nitrogen and oxygen atoms in total. The molecule has 32 heavy (non-hydrogen) atoms. The van der Waals surface area contributed by atoms with Crippen molar-refractivity contribution in [1.82, 2.24) is 14.9 Å². The van der Waals surface area contributed by atoms with Gasteiger partial charge in [-0.1, -0.05) is 23.7 Å². The van der Waals surface area contributed by atoms with Crippen LogP contribution in [0.4, 0.5) is 0 Å². The minimum Gasteiger partial charge on any atom is -0.350 e. The van der Waals surface area contributed by atoms with Crippen LogP contribution in [-0.4, -0.2) is 53.8 Å². The first-order valence-electron chi connectivity index (χ1n) is 10.5. The Morgan fingerprint density at radius 1 is 1.09 bits per heavy atom. The molecule has 0 spiro atoms. The number of carbonyl (C=O) groups excluding carboxylic acids is 2. The van der Waals surface area contributed by atoms with Gasteiger partial charge < -0.3 is 9.88 Å². The van der Waals surface area contributed by atoms with E-state index >= 15 is 0 Å². The summed E-state index contributed by atoms with van der Waals surface area (Å²) < 4.78 is 25.5. The zero-order valence-electron chi connectivity index (χ0n) is 17.5. The van der Waals surface area contributed by atoms with Crippen molar-refractivity contribution in [3.8, 4) is 0 Å². The van der Waals surface area contributed by atoms with Crippen molar-refractivity contribution in [3.05, 3.63) is 59.6 Å². The molecule has 0 atom stereocenters. The topological polar surface area (TPSA) is 100 Å². The van der Waals surface area contributed by atoms with E-state index in [1.54, 1.807) is 47.5 Å². The number of benzene rings is 2. The Balaban J connectivity index is 1.30. The highest BCUT2D eigenvalue weighted by Crippen LogP contribution is 2.25. The summed E-state index contributed by atoms with van der Waals surface area (Å²) in [6.45, 7) is 1.07. The average molecular weight is 474 g/mol. The van der Waals surface area contributed by atoms with E-state index < -0.39 is 9.84 Å². The number of nitrogens with one attached hydrogen (secondary N) is 1. The Bertz CT molecular complexity index is 1230. The maximum atomic E-state index is 12.8. The molecular formula is C23H24ClN3O4S. The van der Waals surface area contributed by atoms with Crippen LogP contribution in [0.1, 0.15) is 36.2 Å². The number of amides is 1. The molecule has 1 saturated heterocycles. The first-order chi connectivity index (χ1) is 15.3. The van der Waals surface area contributed by atoms with Gasteiger partial charge in [0.2, 0.25) is 5.91 Å². The lowest BCUT2D eigenvalue weighted by atomic mass is 9.91. The molecule has 2 heterocycles. The van der Waals surface area contributed by atoms with Crippen molar-refractivity contribution in [2.45, 2.75) is 30.6 Å². The van der Waals surface area contributed by atoms with Crippen molar-refractivity contribution in [1.29, 1.82) is 0 Å². The number of halogens is 1. The number of piperidine rings is 1. The van der Waals surface area contributed by atoms with Crippen molar-refractivity contribution in [3.63, 3.8) is 0 Å². The van der Waals surface area contributed by atoms with E-state index in [-0.39, 0.29) is 34.7 Å². The van der Waals surface area contributed by atoms with Gasteiger partial charge in [0.25, 0.3) is 0 Å². The van der Waals surface area contributed by atoms with Gasteiger partial charge in [0, 0.05) is 37.2 Å². The number of likely N-dealkylation sites (tertiary alicyclic amines) is 1. The zero-order chi connectivity index (χ0) is 22.7. The summed E-state index contributed by atoms with van der Waals surface area (Å²) in [4.78, 5) is 33.5. The molecule has 4 rings (SSSR count). The molecule has 1 aromatic heterocycles. The predicted molar refractivity (Wildman–Crippen MR) is 122 cm³/mol. The van der Waals surface area contributed by atoms with Gasteiger partial charge in [-0.25, -0.2) is 13.4 Å². The number of aromatic amines is 1. The second-order valence-electron chi connectivity index (χ2n) is 8.13. The predicted octanol–water partition coefficient (Wildman–Crippen LogP) is 3.89. The molecule has 168 valence electrons. The molecule has 0 bridgehead atoms. The molecule has 0 unspecified atom stereocenters. The van der Waals surface area contributed by atoms with E-state index in [1.807, 2.05) is 0 Å². The lowest BCUT2D eigenvalue weighted by Crippen LogP contribution is -2.39. The number of hydrogen-bond acceptors (Lipinski definition) is 5. The highest BCUT2D eigenvalue weighted by Gasteiger charge is 2.26. The van der Waals surface area contributed by atoms with Crippen LogP contribution in [0.5, 0.6) is 0 Å². The minimum atomic E-state index is -3.58. The fraction of sp³-hybridized carbons (Fsp3) is 0.348. The van der Waals surface area contributed by atoms with E-state index in [1.165, 1.54) is 6.33 Å². The number of carbonyl (C=O) groups is 2. The number of nitrogens with zero attached hydrogens (tertiary/aromatic N) is 2. The number of Topliss-reactive ketones (excluding diaryl/α,β-unsaturated/α-hetero) is 1. The molecule has 0 aliphatic carbocycles. The number of H-pyrrole nitrogens is 1. The van der Waals surface area contributed by atoms with Crippen LogP contribution in [0, 0.1) is 5.92 Å². The van der Waals surface area contributed by atoms with Crippen LogP contribution in [0.2, 0.25) is 5.02 Å². The molecule has 0 saturated carbocycles. The van der Waals surface area contributed by atoms with E-state index in [4.69, 9.17) is 11.6 Å². The quantitative estimate of drug-likeness (QED) is 0.524. The van der Waals surface area contributed by atoms with Gasteiger partial charge in [0.15, 0.2) is 15.6 Å². The van der Waals surface area contributed by atoms with Crippen LogP contribution >= 0.6 is 11.6 Å². The molecule has 3 aromatic rings. The second kappa shape index (κ2) is 9.42. The van der Waals surface area contributed by atoms with Crippen molar-refractivity contribution < 1.29 is 18.0 Å². The maximum Gasteiger partial charge on any atom is 0.223 e. The van der Waals surface area contributed by atoms with Gasteiger partial charge in [-0.05, 0) is 53.8 Å². The Kier molecular flexibility index (Phi) is 6.62. The monoisotopic (exact) mass is 473 g/mol. The summed E-state index contributed by atoms with van der Waals surface area (Å²) in [7, 11) is -3.58. The molecule has 1 aliphatic rings. The fourth-order valence-corrected chi connectivity index (χ4v) is 5.49. The van der Waals surface area contributed by atoms with Gasteiger partial charge in [0.1, 0.15) is 5.69 Å². The Labute approximate surface area is 191 Å². The Morgan fingerprint density at radius 3 is 2.53 bits per heavy atom. The Hall–Kier alpha value is -2.71. The van der Waals surface area contributed by atoms with Crippen LogP contribution in [0.3, 0.4) is 0 Å². The van der Waals surface area contributed by atoms with Crippen LogP contribution < -0.4 is 0 Å². The number of fused-ring (bicyclic) bond motifs is 1. The van der Waals surface area contributed by atoms with Crippen LogP contribution in [-0.2, 0) is 14.6 Å². The summed E-state index contributed by atoms with van der Waals surface area (Å²) in [6, 6.07) is 10.2. The van der Waals surface area contributed by atoms with Crippen molar-refractivity contribution in [2.75, 3.05) is 18.8 Å². The number of hydrogen-bond donors (Lipinski definition) is 1. The number of sulfone groups is 1. The normalized spacial score (nSPS) is 15.2. The number of aromatic nitrogens is 2. The third-order valence-electron chi connectivity index (χ3n) is 5.94. The summed E-state index contributed by atoms with van der Waals surface area (Å²) in [5.74, 6) is -0.196. The van der Waals surface area contributed by atoms with E-state index in [9.17, 15) is 18.0 Å². The van der Waals surface area contributed by atoms with Gasteiger partial charge in [0.05, 0.1) is 17.0 Å². The van der Waals surface area contributed by atoms with E-state index in [0.717, 1.165) is 23.6 Å². The summed E-state index contributed by atoms with van der Waals surface area (Å²) in [6.07, 6.45) is 4.87. The molecule has 1 aliphatic heterocycles. The van der Waals surface area contributed by atoms with Gasteiger partial charge in [-0.15, -0.1) is 0 Å². The second-order valence-corrected chi connectivity index (χ2v) is 10.7. The summed E-state index contributed by atoms with van der Waals surface area (Å²) in [5.41, 5.74) is 0.436. The van der Waals surface area contributed by atoms with Gasteiger partial charge >= 0.3 is 0 Å². The standard InChI is InChI=1S/C23H24ClN3O4S/c24-19-3-1-18-13-20(4-2-17(18)12-19)32(30,31)10-7-23(29)27-8-5-16(6-9-27)11-22(28)21-14-25-15-26-21/h1-4,12-16H,5-11H2,(H,25,26). The molecule has 2 aromatic carbocycles. The Morgan fingerprint density at radius 2 is 1.81 bits per heavy atom. The van der Waals surface area contributed by atoms with Gasteiger partial charge in [-0.2, -0.15) is 0 Å². The fourth-order valence-electron chi connectivity index (χ4n) is 4.05. The molecule has 1 amide bonds. The zero-order valence-corrected chi connectivity index (χ0v) is 19.0. The first-order valence-corrected chi connectivity index (χ1v) is 12.6. The summed E-state index contributed by atoms with van der Waals surface area (Å²) >= 11 is 5.98. The maximum absolute atomic E-state index is 12.8. The molecule has 9 heteroatoms. The largest absolute Gasteiger partial charge is 0.350 e. The smallest absolute Gasteiger partial charge is 0.223 e. The molecule has 1 N–H and O–H groups in total. The van der Waals surface area contributed by atoms with Crippen molar-refractivity contribution in [2.24, 2.45) is 5.92 Å². The highest BCUT2D eigenvalue weighted by molar-refractivity contribution is 7.91. The van der Waals surface area contributed by atoms with Crippen molar-refractivity contribution >= 4 is 43.9 Å². The number of ketones is 1. The van der Waals surface area contributed by atoms with Crippen LogP contribution in [0.15, 0.2) is 53.8 Å². The molecule has 0 radical (unpaired) electrons. The lowest BCUT2D eigenvalue weighted by molar-refractivity contribution is -0.132. The highest BCUT2D eigenvalue weighted by atomic mass is 35.5. The number of rotatable bonds is 7.